The fourth-order valence-electron chi connectivity index (χ4n) is 3.75. The first-order valence-electron chi connectivity index (χ1n) is 10.1. The van der Waals surface area contributed by atoms with E-state index in [-0.39, 0.29) is 5.91 Å². The number of carbonyl (C=O) groups is 1. The number of amides is 1. The second kappa shape index (κ2) is 8.05. The van der Waals surface area contributed by atoms with Gasteiger partial charge in [-0.2, -0.15) is 0 Å². The number of aromatic nitrogens is 2. The molecule has 28 heavy (non-hydrogen) atoms. The summed E-state index contributed by atoms with van der Waals surface area (Å²) in [5, 5.41) is 3.05. The van der Waals surface area contributed by atoms with Crippen LogP contribution in [0.4, 0.5) is 0 Å². The van der Waals surface area contributed by atoms with Gasteiger partial charge in [-0.25, -0.2) is 4.98 Å². The summed E-state index contributed by atoms with van der Waals surface area (Å²) < 4.78 is 7.76. The van der Waals surface area contributed by atoms with Crippen molar-refractivity contribution in [3.63, 3.8) is 0 Å². The third-order valence-corrected chi connectivity index (χ3v) is 5.12. The quantitative estimate of drug-likeness (QED) is 0.680. The van der Waals surface area contributed by atoms with Gasteiger partial charge in [0, 0.05) is 19.4 Å². The highest BCUT2D eigenvalue weighted by molar-refractivity contribution is 5.77. The number of hydrogen-bond acceptors (Lipinski definition) is 3. The summed E-state index contributed by atoms with van der Waals surface area (Å²) in [6.07, 6.45) is 2.17. The van der Waals surface area contributed by atoms with Crippen LogP contribution in [0.5, 0.6) is 5.75 Å². The maximum atomic E-state index is 12.4. The molecule has 5 heteroatoms. The molecule has 5 nitrogen and oxygen atoms in total. The summed E-state index contributed by atoms with van der Waals surface area (Å²) in [4.78, 5) is 17.1. The van der Waals surface area contributed by atoms with Crippen LogP contribution in [0.2, 0.25) is 0 Å². The normalized spacial score (nSPS) is 13.0. The Morgan fingerprint density at radius 3 is 2.96 bits per heavy atom. The molecule has 146 valence electrons. The monoisotopic (exact) mass is 377 g/mol. The van der Waals surface area contributed by atoms with Crippen LogP contribution in [0, 0.1) is 5.92 Å². The Morgan fingerprint density at radius 2 is 2.11 bits per heavy atom. The zero-order chi connectivity index (χ0) is 19.5. The molecular weight excluding hydrogens is 350 g/mol. The number of fused-ring (bicyclic) bond motifs is 2. The summed E-state index contributed by atoms with van der Waals surface area (Å²) in [7, 11) is 0. The second-order valence-corrected chi connectivity index (χ2v) is 7.84. The second-order valence-electron chi connectivity index (χ2n) is 7.84. The Labute approximate surface area is 165 Å². The maximum Gasteiger partial charge on any atom is 0.220 e. The predicted molar refractivity (Wildman–Crippen MR) is 110 cm³/mol. The SMILES string of the molecule is CC(C)Cn1c(CNC(=O)CCc2ccc3c(c2)CCO3)nc2ccccc21. The predicted octanol–water partition coefficient (Wildman–Crippen LogP) is 3.88. The average Bonchev–Trinajstić information content (AvgIpc) is 3.28. The van der Waals surface area contributed by atoms with Crippen LogP contribution >= 0.6 is 0 Å². The molecule has 1 amide bonds. The van der Waals surface area contributed by atoms with E-state index in [4.69, 9.17) is 9.72 Å². The number of aryl methyl sites for hydroxylation is 1. The first kappa shape index (κ1) is 18.5. The highest BCUT2D eigenvalue weighted by Crippen LogP contribution is 2.26. The van der Waals surface area contributed by atoms with Crippen molar-refractivity contribution in [3.8, 4) is 5.75 Å². The Hall–Kier alpha value is -2.82. The Balaban J connectivity index is 1.38. The van der Waals surface area contributed by atoms with Gasteiger partial charge in [0.25, 0.3) is 0 Å². The highest BCUT2D eigenvalue weighted by Gasteiger charge is 2.14. The molecule has 0 spiro atoms. The van der Waals surface area contributed by atoms with Crippen molar-refractivity contribution in [2.24, 2.45) is 5.92 Å². The molecule has 0 bridgehead atoms. The molecule has 2 aromatic carbocycles. The van der Waals surface area contributed by atoms with Crippen LogP contribution in [0.15, 0.2) is 42.5 Å². The van der Waals surface area contributed by atoms with Crippen molar-refractivity contribution in [1.29, 1.82) is 0 Å². The Morgan fingerprint density at radius 1 is 1.25 bits per heavy atom. The number of rotatable bonds is 7. The molecule has 1 N–H and O–H groups in total. The first-order chi connectivity index (χ1) is 13.6. The lowest BCUT2D eigenvalue weighted by atomic mass is 10.0. The van der Waals surface area contributed by atoms with Gasteiger partial charge in [-0.15, -0.1) is 0 Å². The summed E-state index contributed by atoms with van der Waals surface area (Å²) in [5.41, 5.74) is 4.54. The summed E-state index contributed by atoms with van der Waals surface area (Å²) >= 11 is 0. The standard InChI is InChI=1S/C23H27N3O2/c1-16(2)15-26-20-6-4-3-5-19(20)25-22(26)14-24-23(27)10-8-17-7-9-21-18(13-17)11-12-28-21/h3-7,9,13,16H,8,10-12,14-15H2,1-2H3,(H,24,27). The van der Waals surface area contributed by atoms with E-state index in [9.17, 15) is 4.79 Å². The zero-order valence-electron chi connectivity index (χ0n) is 16.6. The number of ether oxygens (including phenoxy) is 1. The minimum absolute atomic E-state index is 0.0555. The van der Waals surface area contributed by atoms with Crippen molar-refractivity contribution in [2.45, 2.75) is 46.2 Å². The first-order valence-corrected chi connectivity index (χ1v) is 10.1. The minimum atomic E-state index is 0.0555. The summed E-state index contributed by atoms with van der Waals surface area (Å²) in [6, 6.07) is 14.4. The number of imidazole rings is 1. The van der Waals surface area contributed by atoms with Gasteiger partial charge in [0.2, 0.25) is 5.91 Å². The smallest absolute Gasteiger partial charge is 0.220 e. The number of hydrogen-bond donors (Lipinski definition) is 1. The van der Waals surface area contributed by atoms with Crippen LogP contribution in [-0.2, 0) is 30.7 Å². The van der Waals surface area contributed by atoms with E-state index in [1.54, 1.807) is 0 Å². The average molecular weight is 377 g/mol. The fourth-order valence-corrected chi connectivity index (χ4v) is 3.75. The number of para-hydroxylation sites is 2. The van der Waals surface area contributed by atoms with E-state index in [0.717, 1.165) is 48.6 Å². The van der Waals surface area contributed by atoms with E-state index >= 15 is 0 Å². The molecular formula is C23H27N3O2. The minimum Gasteiger partial charge on any atom is -0.493 e. The van der Waals surface area contributed by atoms with Gasteiger partial charge in [0.05, 0.1) is 24.2 Å². The van der Waals surface area contributed by atoms with Gasteiger partial charge in [-0.3, -0.25) is 4.79 Å². The molecule has 2 heterocycles. The molecule has 0 radical (unpaired) electrons. The van der Waals surface area contributed by atoms with Crippen molar-refractivity contribution in [1.82, 2.24) is 14.9 Å². The molecule has 0 aliphatic carbocycles. The van der Waals surface area contributed by atoms with Crippen LogP contribution in [-0.4, -0.2) is 22.1 Å². The molecule has 0 atom stereocenters. The topological polar surface area (TPSA) is 56.2 Å². The van der Waals surface area contributed by atoms with E-state index in [1.807, 2.05) is 24.3 Å². The van der Waals surface area contributed by atoms with Gasteiger partial charge < -0.3 is 14.6 Å². The van der Waals surface area contributed by atoms with E-state index in [1.165, 1.54) is 11.1 Å². The lowest BCUT2D eigenvalue weighted by Crippen LogP contribution is -2.25. The highest BCUT2D eigenvalue weighted by atomic mass is 16.5. The van der Waals surface area contributed by atoms with Crippen LogP contribution in [0.1, 0.15) is 37.2 Å². The number of carbonyl (C=O) groups excluding carboxylic acids is 1. The molecule has 0 fully saturated rings. The lowest BCUT2D eigenvalue weighted by Gasteiger charge is -2.12. The Kier molecular flexibility index (Phi) is 5.33. The molecule has 4 rings (SSSR count). The Bertz CT molecular complexity index is 991. The van der Waals surface area contributed by atoms with Crippen molar-refractivity contribution in [2.75, 3.05) is 6.61 Å². The molecule has 1 aromatic heterocycles. The van der Waals surface area contributed by atoms with E-state index in [0.29, 0.717) is 18.9 Å². The van der Waals surface area contributed by atoms with Gasteiger partial charge in [-0.05, 0) is 41.7 Å². The third-order valence-electron chi connectivity index (χ3n) is 5.12. The zero-order valence-corrected chi connectivity index (χ0v) is 16.6. The summed E-state index contributed by atoms with van der Waals surface area (Å²) in [6.45, 7) is 6.50. The van der Waals surface area contributed by atoms with Crippen LogP contribution in [0.3, 0.4) is 0 Å². The van der Waals surface area contributed by atoms with Gasteiger partial charge in [-0.1, -0.05) is 38.1 Å². The van der Waals surface area contributed by atoms with Gasteiger partial charge >= 0.3 is 0 Å². The molecule has 3 aromatic rings. The largest absolute Gasteiger partial charge is 0.493 e. The lowest BCUT2D eigenvalue weighted by molar-refractivity contribution is -0.121. The van der Waals surface area contributed by atoms with E-state index < -0.39 is 0 Å². The number of benzene rings is 2. The van der Waals surface area contributed by atoms with Gasteiger partial charge in [0.1, 0.15) is 11.6 Å². The molecule has 1 aliphatic heterocycles. The van der Waals surface area contributed by atoms with Gasteiger partial charge in [0.15, 0.2) is 0 Å². The number of nitrogens with one attached hydrogen (secondary N) is 1. The van der Waals surface area contributed by atoms with Crippen molar-refractivity contribution >= 4 is 16.9 Å². The third kappa shape index (κ3) is 4.03. The van der Waals surface area contributed by atoms with E-state index in [2.05, 4.69) is 41.9 Å². The van der Waals surface area contributed by atoms with Crippen LogP contribution in [0.25, 0.3) is 11.0 Å². The van der Waals surface area contributed by atoms with Crippen molar-refractivity contribution in [3.05, 3.63) is 59.4 Å². The molecule has 1 aliphatic rings. The molecule has 0 saturated heterocycles. The molecule has 0 unspecified atom stereocenters. The molecule has 0 saturated carbocycles. The maximum absolute atomic E-state index is 12.4. The fraction of sp³-hybridized carbons (Fsp3) is 0.391. The number of nitrogens with zero attached hydrogens (tertiary/aromatic N) is 2. The summed E-state index contributed by atoms with van der Waals surface area (Å²) in [5.74, 6) is 2.46. The van der Waals surface area contributed by atoms with Crippen molar-refractivity contribution < 1.29 is 9.53 Å². The van der Waals surface area contributed by atoms with Crippen LogP contribution < -0.4 is 10.1 Å².